The van der Waals surface area contributed by atoms with Crippen molar-refractivity contribution in [2.45, 2.75) is 19.3 Å². The maximum Gasteiger partial charge on any atom is 0.308 e. The van der Waals surface area contributed by atoms with Gasteiger partial charge in [-0.3, -0.25) is 9.59 Å². The molecule has 0 saturated carbocycles. The average Bonchev–Trinajstić information content (AvgIpc) is 3.01. The molecule has 1 aromatic rings. The second-order valence-corrected chi connectivity index (χ2v) is 5.64. The van der Waals surface area contributed by atoms with Gasteiger partial charge in [-0.1, -0.05) is 0 Å². The molecule has 2 aliphatic rings. The summed E-state index contributed by atoms with van der Waals surface area (Å²) in [5, 5.41) is 3.29. The van der Waals surface area contributed by atoms with Crippen molar-refractivity contribution in [2.24, 2.45) is 5.92 Å². The maximum absolute atomic E-state index is 12.5. The Bertz CT molecular complexity index is 563. The predicted octanol–water partition coefficient (Wildman–Crippen LogP) is 1.68. The third-order valence-corrected chi connectivity index (χ3v) is 4.38. The second kappa shape index (κ2) is 5.76. The van der Waals surface area contributed by atoms with Gasteiger partial charge in [0, 0.05) is 30.9 Å². The number of fused-ring (bicyclic) bond motifs is 1. The molecule has 0 unspecified atom stereocenters. The minimum atomic E-state index is -0.161. The summed E-state index contributed by atoms with van der Waals surface area (Å²) >= 11 is 0. The maximum atomic E-state index is 12.5. The van der Waals surface area contributed by atoms with E-state index in [0.717, 1.165) is 24.2 Å². The topological polar surface area (TPSA) is 58.6 Å². The first kappa shape index (κ1) is 13.9. The van der Waals surface area contributed by atoms with Crippen LogP contribution >= 0.6 is 0 Å². The fourth-order valence-electron chi connectivity index (χ4n) is 3.11. The molecule has 0 bridgehead atoms. The SMILES string of the molecule is COC(=O)C1CCN(C(=O)c2ccc3c(c2)CCN3)CC1. The number of benzene rings is 1. The van der Waals surface area contributed by atoms with Crippen molar-refractivity contribution in [1.29, 1.82) is 0 Å². The van der Waals surface area contributed by atoms with E-state index in [4.69, 9.17) is 4.74 Å². The first-order chi connectivity index (χ1) is 10.2. The molecular formula is C16H20N2O3. The Morgan fingerprint density at radius 3 is 2.76 bits per heavy atom. The van der Waals surface area contributed by atoms with Crippen molar-refractivity contribution in [3.63, 3.8) is 0 Å². The number of rotatable bonds is 2. The van der Waals surface area contributed by atoms with Gasteiger partial charge in [0.15, 0.2) is 0 Å². The molecule has 1 saturated heterocycles. The number of hydrogen-bond acceptors (Lipinski definition) is 4. The first-order valence-corrected chi connectivity index (χ1v) is 7.43. The number of nitrogens with one attached hydrogen (secondary N) is 1. The third kappa shape index (κ3) is 2.73. The van der Waals surface area contributed by atoms with E-state index < -0.39 is 0 Å². The zero-order valence-electron chi connectivity index (χ0n) is 12.2. The Morgan fingerprint density at radius 1 is 1.29 bits per heavy atom. The first-order valence-electron chi connectivity index (χ1n) is 7.43. The minimum absolute atomic E-state index is 0.0630. The highest BCUT2D eigenvalue weighted by atomic mass is 16.5. The minimum Gasteiger partial charge on any atom is -0.469 e. The van der Waals surface area contributed by atoms with Crippen LogP contribution in [0.15, 0.2) is 18.2 Å². The summed E-state index contributed by atoms with van der Waals surface area (Å²) in [6.45, 7) is 2.18. The molecule has 0 aliphatic carbocycles. The molecule has 1 amide bonds. The molecule has 5 heteroatoms. The number of methoxy groups -OCH3 is 1. The lowest BCUT2D eigenvalue weighted by Gasteiger charge is -2.30. The molecule has 0 aromatic heterocycles. The molecular weight excluding hydrogens is 268 g/mol. The largest absolute Gasteiger partial charge is 0.469 e. The van der Waals surface area contributed by atoms with Crippen LogP contribution in [0.25, 0.3) is 0 Å². The molecule has 112 valence electrons. The van der Waals surface area contributed by atoms with Crippen LogP contribution < -0.4 is 5.32 Å². The van der Waals surface area contributed by atoms with Gasteiger partial charge >= 0.3 is 5.97 Å². The Morgan fingerprint density at radius 2 is 2.05 bits per heavy atom. The fraction of sp³-hybridized carbons (Fsp3) is 0.500. The summed E-state index contributed by atoms with van der Waals surface area (Å²) in [4.78, 5) is 25.9. The van der Waals surface area contributed by atoms with Crippen molar-refractivity contribution in [2.75, 3.05) is 32.1 Å². The number of piperidine rings is 1. The number of carbonyl (C=O) groups is 2. The van der Waals surface area contributed by atoms with Crippen molar-refractivity contribution in [1.82, 2.24) is 4.90 Å². The molecule has 0 spiro atoms. The van der Waals surface area contributed by atoms with Crippen LogP contribution in [0.3, 0.4) is 0 Å². The van der Waals surface area contributed by atoms with E-state index >= 15 is 0 Å². The summed E-state index contributed by atoms with van der Waals surface area (Å²) in [6, 6.07) is 5.85. The van der Waals surface area contributed by atoms with Gasteiger partial charge in [0.2, 0.25) is 0 Å². The Kier molecular flexibility index (Phi) is 3.82. The number of carbonyl (C=O) groups excluding carboxylic acids is 2. The zero-order valence-corrected chi connectivity index (χ0v) is 12.2. The van der Waals surface area contributed by atoms with E-state index in [1.807, 2.05) is 23.1 Å². The van der Waals surface area contributed by atoms with Crippen LogP contribution in [0.4, 0.5) is 5.69 Å². The number of anilines is 1. The highest BCUT2D eigenvalue weighted by Gasteiger charge is 2.28. The van der Waals surface area contributed by atoms with Crippen molar-refractivity contribution in [3.8, 4) is 0 Å². The molecule has 1 aromatic carbocycles. The van der Waals surface area contributed by atoms with E-state index in [0.29, 0.717) is 25.9 Å². The molecule has 5 nitrogen and oxygen atoms in total. The van der Waals surface area contributed by atoms with E-state index in [1.165, 1.54) is 12.7 Å². The summed E-state index contributed by atoms with van der Waals surface area (Å²) in [6.07, 6.45) is 2.34. The summed E-state index contributed by atoms with van der Waals surface area (Å²) in [5.41, 5.74) is 3.09. The summed E-state index contributed by atoms with van der Waals surface area (Å²) < 4.78 is 4.77. The van der Waals surface area contributed by atoms with Crippen molar-refractivity contribution in [3.05, 3.63) is 29.3 Å². The molecule has 3 rings (SSSR count). The second-order valence-electron chi connectivity index (χ2n) is 5.64. The number of likely N-dealkylation sites (tertiary alicyclic amines) is 1. The lowest BCUT2D eigenvalue weighted by molar-refractivity contribution is -0.146. The lowest BCUT2D eigenvalue weighted by Crippen LogP contribution is -2.40. The zero-order chi connectivity index (χ0) is 14.8. The van der Waals surface area contributed by atoms with E-state index in [9.17, 15) is 9.59 Å². The Labute approximate surface area is 124 Å². The van der Waals surface area contributed by atoms with E-state index in [-0.39, 0.29) is 17.8 Å². The normalized spacial score (nSPS) is 18.0. The molecule has 0 atom stereocenters. The van der Waals surface area contributed by atoms with Crippen LogP contribution in [0.1, 0.15) is 28.8 Å². The van der Waals surface area contributed by atoms with Crippen LogP contribution in [0, 0.1) is 5.92 Å². The molecule has 21 heavy (non-hydrogen) atoms. The third-order valence-electron chi connectivity index (χ3n) is 4.38. The van der Waals surface area contributed by atoms with Crippen LogP contribution in [-0.2, 0) is 16.0 Å². The Balaban J connectivity index is 1.65. The summed E-state index contributed by atoms with van der Waals surface area (Å²) in [5.74, 6) is -0.165. The highest BCUT2D eigenvalue weighted by Crippen LogP contribution is 2.25. The number of ether oxygens (including phenoxy) is 1. The predicted molar refractivity (Wildman–Crippen MR) is 79.3 cm³/mol. The van der Waals surface area contributed by atoms with Gasteiger partial charge in [0.05, 0.1) is 13.0 Å². The van der Waals surface area contributed by atoms with Crippen LogP contribution in [0.2, 0.25) is 0 Å². The van der Waals surface area contributed by atoms with Gasteiger partial charge < -0.3 is 15.0 Å². The molecule has 1 N–H and O–H groups in total. The van der Waals surface area contributed by atoms with Gasteiger partial charge in [0.1, 0.15) is 0 Å². The fourth-order valence-corrected chi connectivity index (χ4v) is 3.11. The summed E-state index contributed by atoms with van der Waals surface area (Å²) in [7, 11) is 1.42. The van der Waals surface area contributed by atoms with Gasteiger partial charge in [-0.2, -0.15) is 0 Å². The molecule has 2 aliphatic heterocycles. The Hall–Kier alpha value is -2.04. The van der Waals surface area contributed by atoms with Crippen molar-refractivity contribution < 1.29 is 14.3 Å². The monoisotopic (exact) mass is 288 g/mol. The number of hydrogen-bond donors (Lipinski definition) is 1. The van der Waals surface area contributed by atoms with Gasteiger partial charge in [-0.25, -0.2) is 0 Å². The van der Waals surface area contributed by atoms with E-state index in [2.05, 4.69) is 5.32 Å². The standard InChI is InChI=1S/C16H20N2O3/c1-21-16(20)11-5-8-18(9-6-11)15(19)13-2-3-14-12(10-13)4-7-17-14/h2-3,10-11,17H,4-9H2,1H3. The average molecular weight is 288 g/mol. The smallest absolute Gasteiger partial charge is 0.308 e. The van der Waals surface area contributed by atoms with Gasteiger partial charge in [-0.15, -0.1) is 0 Å². The number of nitrogens with zero attached hydrogens (tertiary/aromatic N) is 1. The quantitative estimate of drug-likeness (QED) is 0.841. The molecule has 2 heterocycles. The van der Waals surface area contributed by atoms with Gasteiger partial charge in [0.25, 0.3) is 5.91 Å². The number of esters is 1. The van der Waals surface area contributed by atoms with Crippen LogP contribution in [-0.4, -0.2) is 43.5 Å². The lowest BCUT2D eigenvalue weighted by atomic mass is 9.96. The highest BCUT2D eigenvalue weighted by molar-refractivity contribution is 5.95. The van der Waals surface area contributed by atoms with E-state index in [1.54, 1.807) is 0 Å². The molecule has 1 fully saturated rings. The van der Waals surface area contributed by atoms with Crippen molar-refractivity contribution >= 4 is 17.6 Å². The molecule has 0 radical (unpaired) electrons. The number of amides is 1. The van der Waals surface area contributed by atoms with Gasteiger partial charge in [-0.05, 0) is 43.0 Å². The van der Waals surface area contributed by atoms with Crippen LogP contribution in [0.5, 0.6) is 0 Å².